The fraction of sp³-hybridized carbons (Fsp3) is 0.300. The second kappa shape index (κ2) is 3.97. The Balaban J connectivity index is 3.32. The maximum Gasteiger partial charge on any atom is 0.416 e. The predicted molar refractivity (Wildman–Crippen MR) is 53.3 cm³/mol. The van der Waals surface area contributed by atoms with Crippen LogP contribution >= 0.6 is 0 Å². The van der Waals surface area contributed by atoms with Gasteiger partial charge in [0.25, 0.3) is 0 Å². The van der Waals surface area contributed by atoms with Gasteiger partial charge in [0.05, 0.1) is 17.2 Å². The van der Waals surface area contributed by atoms with Crippen LogP contribution in [0.1, 0.15) is 11.1 Å². The second-order valence-corrected chi connectivity index (χ2v) is 3.61. The van der Waals surface area contributed by atoms with Crippen molar-refractivity contribution in [2.75, 3.05) is 0 Å². The number of rotatable bonds is 1. The molecule has 0 N–H and O–H groups in total. The monoisotopic (exact) mass is 211 g/mol. The van der Waals surface area contributed by atoms with E-state index in [-0.39, 0.29) is 12.3 Å². The summed E-state index contributed by atoms with van der Waals surface area (Å²) in [5.74, 6) is 0. The summed E-state index contributed by atoms with van der Waals surface area (Å²) in [6, 6.07) is 5.18. The molecule has 1 nitrogen and oxygen atoms in total. The van der Waals surface area contributed by atoms with Crippen LogP contribution in [-0.4, -0.2) is 6.71 Å². The van der Waals surface area contributed by atoms with Gasteiger partial charge in [0.15, 0.2) is 6.71 Å². The average Bonchev–Trinajstić information content (AvgIpc) is 2.15. The molecule has 0 aliphatic heterocycles. The Hall–Kier alpha value is -1.44. The number of benzene rings is 1. The van der Waals surface area contributed by atoms with E-state index in [4.69, 9.17) is 5.26 Å². The smallest absolute Gasteiger partial charge is 0.192 e. The lowest BCUT2D eigenvalue weighted by atomic mass is 9.49. The SMILES string of the molecule is CB(C)c1cc(C#N)cc(C(F)(F)F)c1. The first-order valence-electron chi connectivity index (χ1n) is 4.47. The molecule has 0 heterocycles. The standard InChI is InChI=1S/C10H9BF3N/c1-11(2)9-4-7(6-15)3-8(5-9)10(12,13)14/h3-5H,1-2H3. The molecule has 15 heavy (non-hydrogen) atoms. The number of hydrogen-bond acceptors (Lipinski definition) is 1. The Morgan fingerprint density at radius 3 is 2.20 bits per heavy atom. The minimum Gasteiger partial charge on any atom is -0.192 e. The van der Waals surface area contributed by atoms with Gasteiger partial charge in [-0.1, -0.05) is 25.2 Å². The van der Waals surface area contributed by atoms with E-state index < -0.39 is 11.7 Å². The Morgan fingerprint density at radius 2 is 1.80 bits per heavy atom. The van der Waals surface area contributed by atoms with Gasteiger partial charge in [-0.15, -0.1) is 0 Å². The zero-order valence-electron chi connectivity index (χ0n) is 8.39. The molecule has 0 aliphatic rings. The third-order valence-corrected chi connectivity index (χ3v) is 2.08. The third-order valence-electron chi connectivity index (χ3n) is 2.08. The lowest BCUT2D eigenvalue weighted by Crippen LogP contribution is -2.24. The lowest BCUT2D eigenvalue weighted by molar-refractivity contribution is -0.137. The van der Waals surface area contributed by atoms with Crippen LogP contribution in [0, 0.1) is 11.3 Å². The topological polar surface area (TPSA) is 23.8 Å². The summed E-state index contributed by atoms with van der Waals surface area (Å²) in [6.45, 7) is 3.55. The molecule has 0 saturated heterocycles. The molecule has 1 aromatic rings. The second-order valence-electron chi connectivity index (χ2n) is 3.61. The molecule has 0 radical (unpaired) electrons. The van der Waals surface area contributed by atoms with Crippen molar-refractivity contribution < 1.29 is 13.2 Å². The van der Waals surface area contributed by atoms with Crippen LogP contribution in [-0.2, 0) is 6.18 Å². The van der Waals surface area contributed by atoms with Gasteiger partial charge < -0.3 is 0 Å². The van der Waals surface area contributed by atoms with E-state index in [0.29, 0.717) is 5.46 Å². The minimum absolute atomic E-state index is 0.0283. The number of alkyl halides is 3. The predicted octanol–water partition coefficient (Wildman–Crippen LogP) is 2.54. The molecule has 0 aliphatic carbocycles. The van der Waals surface area contributed by atoms with E-state index in [1.165, 1.54) is 6.07 Å². The highest BCUT2D eigenvalue weighted by molar-refractivity contribution is 6.70. The normalized spacial score (nSPS) is 10.9. The molecule has 0 unspecified atom stereocenters. The van der Waals surface area contributed by atoms with Crippen molar-refractivity contribution in [3.8, 4) is 6.07 Å². The molecule has 0 saturated carbocycles. The largest absolute Gasteiger partial charge is 0.416 e. The summed E-state index contributed by atoms with van der Waals surface area (Å²) >= 11 is 0. The maximum atomic E-state index is 12.4. The van der Waals surface area contributed by atoms with Crippen molar-refractivity contribution in [1.29, 1.82) is 5.26 Å². The number of halogens is 3. The number of nitriles is 1. The van der Waals surface area contributed by atoms with E-state index in [0.717, 1.165) is 12.1 Å². The molecular weight excluding hydrogens is 202 g/mol. The average molecular weight is 211 g/mol. The zero-order valence-corrected chi connectivity index (χ0v) is 8.39. The third kappa shape index (κ3) is 2.75. The summed E-state index contributed by atoms with van der Waals surface area (Å²) in [5, 5.41) is 8.62. The first kappa shape index (κ1) is 11.6. The minimum atomic E-state index is -4.39. The highest BCUT2D eigenvalue weighted by Gasteiger charge is 2.31. The van der Waals surface area contributed by atoms with Crippen LogP contribution < -0.4 is 5.46 Å². The van der Waals surface area contributed by atoms with Crippen LogP contribution in [0.5, 0.6) is 0 Å². The van der Waals surface area contributed by atoms with Gasteiger partial charge in [0.2, 0.25) is 0 Å². The first-order valence-corrected chi connectivity index (χ1v) is 4.47. The van der Waals surface area contributed by atoms with Crippen LogP contribution in [0.4, 0.5) is 13.2 Å². The van der Waals surface area contributed by atoms with Crippen LogP contribution in [0.15, 0.2) is 18.2 Å². The number of nitrogens with zero attached hydrogens (tertiary/aromatic N) is 1. The Kier molecular flexibility index (Phi) is 3.08. The quantitative estimate of drug-likeness (QED) is 0.654. The summed E-state index contributed by atoms with van der Waals surface area (Å²) < 4.78 is 37.3. The molecule has 0 atom stereocenters. The molecule has 5 heteroatoms. The van der Waals surface area contributed by atoms with E-state index in [1.807, 2.05) is 0 Å². The van der Waals surface area contributed by atoms with Gasteiger partial charge in [0.1, 0.15) is 0 Å². The van der Waals surface area contributed by atoms with Gasteiger partial charge in [-0.3, -0.25) is 0 Å². The van der Waals surface area contributed by atoms with Crippen molar-refractivity contribution in [2.24, 2.45) is 0 Å². The van der Waals surface area contributed by atoms with Crippen LogP contribution in [0.3, 0.4) is 0 Å². The van der Waals surface area contributed by atoms with Crippen molar-refractivity contribution in [1.82, 2.24) is 0 Å². The highest BCUT2D eigenvalue weighted by Crippen LogP contribution is 2.29. The summed E-state index contributed by atoms with van der Waals surface area (Å²) in [7, 11) is 0. The van der Waals surface area contributed by atoms with Crippen molar-refractivity contribution >= 4 is 12.2 Å². The molecule has 0 aromatic heterocycles. The molecule has 1 aromatic carbocycles. The zero-order chi connectivity index (χ0) is 11.6. The molecule has 0 fully saturated rings. The molecular formula is C10H9BF3N. The molecule has 0 amide bonds. The van der Waals surface area contributed by atoms with Gasteiger partial charge in [-0.2, -0.15) is 18.4 Å². The molecule has 0 bridgehead atoms. The van der Waals surface area contributed by atoms with Crippen molar-refractivity contribution in [3.63, 3.8) is 0 Å². The van der Waals surface area contributed by atoms with Crippen LogP contribution in [0.25, 0.3) is 0 Å². The highest BCUT2D eigenvalue weighted by atomic mass is 19.4. The fourth-order valence-corrected chi connectivity index (χ4v) is 1.21. The summed E-state index contributed by atoms with van der Waals surface area (Å²) in [6.07, 6.45) is -4.39. The maximum absolute atomic E-state index is 12.4. The summed E-state index contributed by atoms with van der Waals surface area (Å²) in [4.78, 5) is 0. The molecule has 1 rings (SSSR count). The summed E-state index contributed by atoms with van der Waals surface area (Å²) in [5.41, 5.74) is -0.180. The van der Waals surface area contributed by atoms with Crippen LogP contribution in [0.2, 0.25) is 13.6 Å². The van der Waals surface area contributed by atoms with Gasteiger partial charge in [0, 0.05) is 0 Å². The van der Waals surface area contributed by atoms with E-state index in [1.54, 1.807) is 19.7 Å². The van der Waals surface area contributed by atoms with Gasteiger partial charge in [-0.25, -0.2) is 0 Å². The van der Waals surface area contributed by atoms with Gasteiger partial charge >= 0.3 is 6.18 Å². The number of hydrogen-bond donors (Lipinski definition) is 0. The Labute approximate surface area is 86.6 Å². The van der Waals surface area contributed by atoms with Gasteiger partial charge in [-0.05, 0) is 12.1 Å². The fourth-order valence-electron chi connectivity index (χ4n) is 1.21. The molecule has 78 valence electrons. The van der Waals surface area contributed by atoms with E-state index in [9.17, 15) is 13.2 Å². The first-order chi connectivity index (χ1) is 6.84. The molecule has 0 spiro atoms. The Morgan fingerprint density at radius 1 is 1.20 bits per heavy atom. The van der Waals surface area contributed by atoms with Crippen molar-refractivity contribution in [2.45, 2.75) is 19.8 Å². The Bertz CT molecular complexity index is 404. The van der Waals surface area contributed by atoms with Crippen molar-refractivity contribution in [3.05, 3.63) is 29.3 Å². The van der Waals surface area contributed by atoms with E-state index in [2.05, 4.69) is 0 Å². The lowest BCUT2D eigenvalue weighted by Gasteiger charge is -2.10. The van der Waals surface area contributed by atoms with E-state index >= 15 is 0 Å².